The average Bonchev–Trinajstić information content (AvgIpc) is 3.52. The minimum atomic E-state index is 0.395. The van der Waals surface area contributed by atoms with Crippen LogP contribution in [0, 0.1) is 29.2 Å². The largest absolute Gasteiger partial charge is 0.307 e. The van der Waals surface area contributed by atoms with Crippen LogP contribution in [0.25, 0.3) is 87.3 Å². The van der Waals surface area contributed by atoms with Gasteiger partial charge in [-0.2, -0.15) is 10.5 Å². The van der Waals surface area contributed by atoms with Gasteiger partial charge in [-0.1, -0.05) is 115 Å². The second-order valence-electron chi connectivity index (χ2n) is 12.6. The summed E-state index contributed by atoms with van der Waals surface area (Å²) in [6, 6.07) is 58.2. The summed E-state index contributed by atoms with van der Waals surface area (Å²) in [4.78, 5) is 3.79. The number of hydrogen-bond donors (Lipinski definition) is 0. The smallest absolute Gasteiger partial charge is 0.189 e. The van der Waals surface area contributed by atoms with E-state index in [4.69, 9.17) is 6.57 Å². The van der Waals surface area contributed by atoms with Crippen LogP contribution in [0.4, 0.5) is 5.69 Å². The third-order valence-electron chi connectivity index (χ3n) is 9.83. The van der Waals surface area contributed by atoms with Gasteiger partial charge < -0.3 is 4.57 Å². The fourth-order valence-corrected chi connectivity index (χ4v) is 7.71. The third kappa shape index (κ3) is 4.66. The number of nitrogens with zero attached hydrogens (tertiary/aromatic N) is 4. The Morgan fingerprint density at radius 1 is 0.471 bits per heavy atom. The van der Waals surface area contributed by atoms with Gasteiger partial charge in [0.25, 0.3) is 0 Å². The normalized spacial score (nSPS) is 11.1. The molecule has 1 heterocycles. The number of rotatable bonds is 4. The molecule has 0 N–H and O–H groups in total. The van der Waals surface area contributed by atoms with Crippen molar-refractivity contribution in [2.75, 3.05) is 0 Å². The van der Waals surface area contributed by atoms with Gasteiger partial charge in [-0.25, -0.2) is 4.85 Å². The first kappa shape index (κ1) is 29.7. The van der Waals surface area contributed by atoms with E-state index in [1.54, 1.807) is 6.07 Å². The van der Waals surface area contributed by atoms with Crippen LogP contribution < -0.4 is 0 Å². The van der Waals surface area contributed by atoms with Gasteiger partial charge in [-0.05, 0) is 97.4 Å². The second-order valence-corrected chi connectivity index (χ2v) is 12.6. The van der Waals surface area contributed by atoms with Crippen molar-refractivity contribution in [1.82, 2.24) is 4.57 Å². The molecular weight excluding hydrogens is 621 g/mol. The molecule has 0 fully saturated rings. The summed E-state index contributed by atoms with van der Waals surface area (Å²) in [6.45, 7) is 7.95. The van der Waals surface area contributed by atoms with E-state index >= 15 is 0 Å². The molecule has 4 heteroatoms. The summed E-state index contributed by atoms with van der Waals surface area (Å²) in [6.07, 6.45) is 0. The highest BCUT2D eigenvalue weighted by Crippen LogP contribution is 2.45. The lowest BCUT2D eigenvalue weighted by molar-refractivity contribution is 1.17. The molecule has 9 aromatic rings. The minimum absolute atomic E-state index is 0.395. The third-order valence-corrected chi connectivity index (χ3v) is 9.83. The van der Waals surface area contributed by atoms with Crippen molar-refractivity contribution in [2.45, 2.75) is 0 Å². The molecule has 0 unspecified atom stereocenters. The van der Waals surface area contributed by atoms with Crippen molar-refractivity contribution < 1.29 is 0 Å². The van der Waals surface area contributed by atoms with Crippen molar-refractivity contribution in [1.29, 1.82) is 10.5 Å². The van der Waals surface area contributed by atoms with Gasteiger partial charge in [0.1, 0.15) is 6.07 Å². The van der Waals surface area contributed by atoms with E-state index in [1.807, 2.05) is 54.6 Å². The molecule has 0 spiro atoms. The molecule has 8 aromatic carbocycles. The summed E-state index contributed by atoms with van der Waals surface area (Å²) in [5, 5.41) is 26.9. The minimum Gasteiger partial charge on any atom is -0.307 e. The zero-order chi connectivity index (χ0) is 34.5. The molecule has 0 aliphatic rings. The van der Waals surface area contributed by atoms with E-state index in [0.29, 0.717) is 22.5 Å². The number of fused-ring (bicyclic) bond motifs is 5. The molecule has 0 aliphatic heterocycles. The highest BCUT2D eigenvalue weighted by atomic mass is 15.0. The molecule has 1 aromatic heterocycles. The molecule has 0 radical (unpaired) electrons. The van der Waals surface area contributed by atoms with Gasteiger partial charge in [-0.3, -0.25) is 0 Å². The monoisotopic (exact) mass is 646 g/mol. The van der Waals surface area contributed by atoms with E-state index in [9.17, 15) is 10.5 Å². The first-order valence-corrected chi connectivity index (χ1v) is 16.7. The van der Waals surface area contributed by atoms with Gasteiger partial charge >= 0.3 is 0 Å². The lowest BCUT2D eigenvalue weighted by Gasteiger charge is -2.19. The SMILES string of the molecule is [C-]#[N+]c1cc(C#N)c(-n2c3ccccc3c3cc(C#N)ccc32)c(-c2cccc(-c3c4ccccc4c(-c4ccccc4)c4ccccc34)c2)c1. The van der Waals surface area contributed by atoms with Crippen LogP contribution in [0.2, 0.25) is 0 Å². The van der Waals surface area contributed by atoms with Crippen LogP contribution in [0.15, 0.2) is 158 Å². The topological polar surface area (TPSA) is 56.9 Å². The van der Waals surface area contributed by atoms with Crippen LogP contribution >= 0.6 is 0 Å². The second kappa shape index (κ2) is 11.9. The number of para-hydroxylation sites is 1. The fraction of sp³-hybridized carbons (Fsp3) is 0. The number of aromatic nitrogens is 1. The van der Waals surface area contributed by atoms with E-state index in [-0.39, 0.29) is 0 Å². The molecule has 51 heavy (non-hydrogen) atoms. The summed E-state index contributed by atoms with van der Waals surface area (Å²) >= 11 is 0. The molecule has 234 valence electrons. The molecule has 0 saturated heterocycles. The van der Waals surface area contributed by atoms with Crippen LogP contribution in [0.5, 0.6) is 0 Å². The van der Waals surface area contributed by atoms with Gasteiger partial charge in [0.2, 0.25) is 0 Å². The Bertz CT molecular complexity index is 2940. The highest BCUT2D eigenvalue weighted by molar-refractivity contribution is 6.21. The molecule has 0 saturated carbocycles. The quantitative estimate of drug-likeness (QED) is 0.141. The molecule has 0 amide bonds. The van der Waals surface area contributed by atoms with E-state index in [0.717, 1.165) is 54.8 Å². The molecular formula is C47H26N4. The fourth-order valence-electron chi connectivity index (χ4n) is 7.71. The van der Waals surface area contributed by atoms with Gasteiger partial charge in [-0.15, -0.1) is 0 Å². The summed E-state index contributed by atoms with van der Waals surface area (Å²) in [7, 11) is 0. The predicted molar refractivity (Wildman–Crippen MR) is 208 cm³/mol. The zero-order valence-electron chi connectivity index (χ0n) is 27.3. The average molecular weight is 647 g/mol. The van der Waals surface area contributed by atoms with Crippen molar-refractivity contribution in [3.63, 3.8) is 0 Å². The predicted octanol–water partition coefficient (Wildman–Crippen LogP) is 12.4. The Morgan fingerprint density at radius 3 is 1.69 bits per heavy atom. The van der Waals surface area contributed by atoms with E-state index < -0.39 is 0 Å². The maximum Gasteiger partial charge on any atom is 0.189 e. The van der Waals surface area contributed by atoms with Crippen molar-refractivity contribution in [3.8, 4) is 51.2 Å². The maximum atomic E-state index is 10.6. The standard InChI is InChI=1S/C47H26N4/c1-50-35-26-34(29-49)47(51-43-21-10-9-16-36(43)42-24-30(28-48)22-23-44(42)51)41(27-35)32-14-11-15-33(25-32)46-39-19-7-5-17-37(39)45(31-12-3-2-4-13-31)38-18-6-8-20-40(38)46/h2-27H. The molecule has 0 aliphatic carbocycles. The Kier molecular flexibility index (Phi) is 6.93. The lowest BCUT2D eigenvalue weighted by atomic mass is 9.85. The Hall–Kier alpha value is -7.45. The number of benzene rings is 8. The van der Waals surface area contributed by atoms with Crippen molar-refractivity contribution in [3.05, 3.63) is 180 Å². The molecule has 0 atom stereocenters. The Morgan fingerprint density at radius 2 is 1.04 bits per heavy atom. The zero-order valence-corrected chi connectivity index (χ0v) is 27.3. The van der Waals surface area contributed by atoms with Gasteiger partial charge in [0.05, 0.1) is 40.5 Å². The number of hydrogen-bond acceptors (Lipinski definition) is 2. The summed E-state index contributed by atoms with van der Waals surface area (Å²) < 4.78 is 2.11. The maximum absolute atomic E-state index is 10.6. The van der Waals surface area contributed by atoms with Crippen LogP contribution in [0.3, 0.4) is 0 Å². The van der Waals surface area contributed by atoms with E-state index in [1.165, 1.54) is 21.9 Å². The van der Waals surface area contributed by atoms with Crippen LogP contribution in [0.1, 0.15) is 11.1 Å². The Balaban J connectivity index is 1.36. The van der Waals surface area contributed by atoms with Gasteiger partial charge in [0, 0.05) is 10.8 Å². The van der Waals surface area contributed by atoms with Crippen LogP contribution in [-0.2, 0) is 0 Å². The summed E-state index contributed by atoms with van der Waals surface area (Å²) in [5.41, 5.74) is 10.1. The first-order chi connectivity index (χ1) is 25.2. The Labute approximate surface area is 294 Å². The van der Waals surface area contributed by atoms with Crippen molar-refractivity contribution in [2.24, 2.45) is 0 Å². The summed E-state index contributed by atoms with van der Waals surface area (Å²) in [5.74, 6) is 0. The highest BCUT2D eigenvalue weighted by Gasteiger charge is 2.22. The molecule has 9 rings (SSSR count). The molecule has 4 nitrogen and oxygen atoms in total. The first-order valence-electron chi connectivity index (χ1n) is 16.7. The molecule has 0 bridgehead atoms. The van der Waals surface area contributed by atoms with Crippen LogP contribution in [-0.4, -0.2) is 4.57 Å². The van der Waals surface area contributed by atoms with Crippen molar-refractivity contribution >= 4 is 49.0 Å². The lowest BCUT2D eigenvalue weighted by Crippen LogP contribution is -2.01. The van der Waals surface area contributed by atoms with Gasteiger partial charge in [0.15, 0.2) is 5.69 Å². The van der Waals surface area contributed by atoms with E-state index in [2.05, 4.69) is 119 Å². The number of nitriles is 2.